The van der Waals surface area contributed by atoms with E-state index in [2.05, 4.69) is 48.7 Å². The number of nitrogens with two attached hydrogens (primary N) is 1. The number of nitrogens with zero attached hydrogens (tertiary/aromatic N) is 2. The topological polar surface area (TPSA) is 51.3 Å². The number of likely N-dealkylation sites (tertiary alicyclic amines) is 1. The molecule has 0 unspecified atom stereocenters. The van der Waals surface area contributed by atoms with E-state index >= 15 is 0 Å². The largest absolute Gasteiger partial charge is 0.345 e. The zero-order valence-corrected chi connectivity index (χ0v) is 16.3. The van der Waals surface area contributed by atoms with E-state index in [1.807, 2.05) is 11.0 Å². The Morgan fingerprint density at radius 1 is 1.15 bits per heavy atom. The highest BCUT2D eigenvalue weighted by atomic mass is 35.5. The Morgan fingerprint density at radius 2 is 1.85 bits per heavy atom. The third-order valence-corrected chi connectivity index (χ3v) is 5.89. The molecule has 1 aliphatic carbocycles. The summed E-state index contributed by atoms with van der Waals surface area (Å²) in [4.78, 5) is 15.2. The van der Waals surface area contributed by atoms with Gasteiger partial charge < -0.3 is 15.2 Å². The summed E-state index contributed by atoms with van der Waals surface area (Å²) in [5.41, 5.74) is 10.5. The fourth-order valence-corrected chi connectivity index (χ4v) is 4.41. The smallest absolute Gasteiger partial charge is 0.255 e. The summed E-state index contributed by atoms with van der Waals surface area (Å²) in [5, 5.41) is 0. The molecular weight excluding hydrogens is 346 g/mol. The van der Waals surface area contributed by atoms with Crippen LogP contribution in [0.15, 0.2) is 36.4 Å². The van der Waals surface area contributed by atoms with E-state index in [0.717, 1.165) is 24.3 Å². The van der Waals surface area contributed by atoms with Crippen molar-refractivity contribution < 1.29 is 4.79 Å². The van der Waals surface area contributed by atoms with Gasteiger partial charge in [0, 0.05) is 36.4 Å². The summed E-state index contributed by atoms with van der Waals surface area (Å²) >= 11 is 0. The van der Waals surface area contributed by atoms with Gasteiger partial charge in [0.05, 0.1) is 5.56 Å². The first-order valence-corrected chi connectivity index (χ1v) is 9.33. The van der Waals surface area contributed by atoms with E-state index in [9.17, 15) is 4.79 Å². The molecule has 1 saturated heterocycles. The number of aryl methyl sites for hydroxylation is 1. The maximum atomic E-state index is 13.2. The lowest BCUT2D eigenvalue weighted by Crippen LogP contribution is -2.30. The Kier molecular flexibility index (Phi) is 5.44. The van der Waals surface area contributed by atoms with E-state index in [-0.39, 0.29) is 18.3 Å². The van der Waals surface area contributed by atoms with Crippen molar-refractivity contribution in [2.24, 2.45) is 11.7 Å². The van der Waals surface area contributed by atoms with E-state index in [1.54, 1.807) is 0 Å². The first-order chi connectivity index (χ1) is 12.1. The molecule has 1 aliphatic heterocycles. The predicted octanol–water partition coefficient (Wildman–Crippen LogP) is 3.68. The number of carbonyl (C=O) groups is 1. The highest BCUT2D eigenvalue weighted by Crippen LogP contribution is 2.39. The van der Waals surface area contributed by atoms with Crippen LogP contribution < -0.4 is 5.73 Å². The number of aromatic nitrogens is 1. The zero-order chi connectivity index (χ0) is 17.6. The van der Waals surface area contributed by atoms with Crippen LogP contribution in [0.25, 0.3) is 0 Å². The number of carbonyl (C=O) groups excluding carboxylic acids is 1. The maximum absolute atomic E-state index is 13.2. The molecule has 140 valence electrons. The normalized spacial score (nSPS) is 22.3. The Labute approximate surface area is 161 Å². The third kappa shape index (κ3) is 3.28. The van der Waals surface area contributed by atoms with E-state index < -0.39 is 0 Å². The third-order valence-electron chi connectivity index (χ3n) is 5.89. The molecular formula is C21H28ClN3O. The second kappa shape index (κ2) is 7.45. The summed E-state index contributed by atoms with van der Waals surface area (Å²) in [6.07, 6.45) is 2.47. The highest BCUT2D eigenvalue weighted by molar-refractivity contribution is 5.96. The van der Waals surface area contributed by atoms with Gasteiger partial charge in [-0.3, -0.25) is 4.79 Å². The van der Waals surface area contributed by atoms with Gasteiger partial charge in [-0.15, -0.1) is 12.4 Å². The molecule has 2 fully saturated rings. The van der Waals surface area contributed by atoms with Crippen LogP contribution >= 0.6 is 12.4 Å². The van der Waals surface area contributed by atoms with Crippen LogP contribution in [0, 0.1) is 19.8 Å². The fraction of sp³-hybridized carbons (Fsp3) is 0.476. The van der Waals surface area contributed by atoms with E-state index in [4.69, 9.17) is 5.73 Å². The molecule has 0 spiro atoms. The van der Waals surface area contributed by atoms with Crippen LogP contribution in [0.1, 0.15) is 52.1 Å². The number of rotatable bonds is 4. The van der Waals surface area contributed by atoms with Crippen LogP contribution in [-0.4, -0.2) is 35.0 Å². The van der Waals surface area contributed by atoms with Crippen LogP contribution in [0.3, 0.4) is 0 Å². The van der Waals surface area contributed by atoms with Gasteiger partial charge in [-0.1, -0.05) is 30.3 Å². The second-order valence-corrected chi connectivity index (χ2v) is 7.61. The van der Waals surface area contributed by atoms with Gasteiger partial charge in [-0.25, -0.2) is 0 Å². The van der Waals surface area contributed by atoms with Crippen molar-refractivity contribution in [2.75, 3.05) is 19.6 Å². The predicted molar refractivity (Wildman–Crippen MR) is 107 cm³/mol. The fourth-order valence-electron chi connectivity index (χ4n) is 4.41. The molecule has 26 heavy (non-hydrogen) atoms. The van der Waals surface area contributed by atoms with Crippen molar-refractivity contribution in [3.8, 4) is 0 Å². The van der Waals surface area contributed by atoms with Gasteiger partial charge in [0.1, 0.15) is 0 Å². The van der Waals surface area contributed by atoms with Crippen molar-refractivity contribution in [1.82, 2.24) is 9.47 Å². The molecule has 2 N–H and O–H groups in total. The second-order valence-electron chi connectivity index (χ2n) is 7.61. The van der Waals surface area contributed by atoms with Crippen LogP contribution in [0.2, 0.25) is 0 Å². The summed E-state index contributed by atoms with van der Waals surface area (Å²) < 4.78 is 2.35. The van der Waals surface area contributed by atoms with Crippen molar-refractivity contribution in [1.29, 1.82) is 0 Å². The minimum absolute atomic E-state index is 0. The van der Waals surface area contributed by atoms with Gasteiger partial charge >= 0.3 is 0 Å². The number of hydrogen-bond donors (Lipinski definition) is 1. The van der Waals surface area contributed by atoms with Crippen molar-refractivity contribution >= 4 is 18.3 Å². The van der Waals surface area contributed by atoms with Crippen LogP contribution in [0.4, 0.5) is 0 Å². The molecule has 2 heterocycles. The summed E-state index contributed by atoms with van der Waals surface area (Å²) in [5.74, 6) is 0.831. The number of benzene rings is 1. The van der Waals surface area contributed by atoms with Gasteiger partial charge in [-0.05, 0) is 50.8 Å². The highest BCUT2D eigenvalue weighted by Gasteiger charge is 2.37. The molecule has 2 atom stereocenters. The average molecular weight is 374 g/mol. The Balaban J connectivity index is 0.00000196. The van der Waals surface area contributed by atoms with Gasteiger partial charge in [0.2, 0.25) is 0 Å². The molecule has 5 heteroatoms. The SMILES string of the molecule is Cc1cc(C(=O)N2C[C@@H](CN)[C@H](c3ccccc3)C2)c(C)n1C1CC1.Cl. The molecule has 4 rings (SSSR count). The summed E-state index contributed by atoms with van der Waals surface area (Å²) in [6, 6.07) is 13.1. The lowest BCUT2D eigenvalue weighted by atomic mass is 9.89. The Morgan fingerprint density at radius 3 is 2.46 bits per heavy atom. The lowest BCUT2D eigenvalue weighted by molar-refractivity contribution is 0.0785. The van der Waals surface area contributed by atoms with Crippen molar-refractivity contribution in [2.45, 2.75) is 38.6 Å². The van der Waals surface area contributed by atoms with Crippen molar-refractivity contribution in [3.05, 3.63) is 58.9 Å². The number of amides is 1. The van der Waals surface area contributed by atoms with Gasteiger partial charge in [0.25, 0.3) is 5.91 Å². The minimum Gasteiger partial charge on any atom is -0.345 e. The van der Waals surface area contributed by atoms with E-state index in [0.29, 0.717) is 24.4 Å². The van der Waals surface area contributed by atoms with Gasteiger partial charge in [-0.2, -0.15) is 0 Å². The Bertz CT molecular complexity index is 782. The molecule has 2 aliphatic rings. The van der Waals surface area contributed by atoms with Crippen LogP contribution in [-0.2, 0) is 0 Å². The maximum Gasteiger partial charge on any atom is 0.255 e. The first kappa shape index (κ1) is 19.0. The van der Waals surface area contributed by atoms with E-state index in [1.165, 1.54) is 24.1 Å². The summed E-state index contributed by atoms with van der Waals surface area (Å²) in [6.45, 7) is 6.33. The molecule has 1 aromatic carbocycles. The number of halogens is 1. The van der Waals surface area contributed by atoms with Gasteiger partial charge in [0.15, 0.2) is 0 Å². The molecule has 2 aromatic rings. The minimum atomic E-state index is 0. The monoisotopic (exact) mass is 373 g/mol. The number of hydrogen-bond acceptors (Lipinski definition) is 2. The standard InChI is InChI=1S/C21H27N3O.ClH/c1-14-10-19(15(2)24(14)18-8-9-18)21(25)23-12-17(11-22)20(13-23)16-6-4-3-5-7-16;/h3-7,10,17-18,20H,8-9,11-13,22H2,1-2H3;1H/t17-,20+;/m1./s1. The molecule has 0 bridgehead atoms. The molecule has 1 saturated carbocycles. The molecule has 4 nitrogen and oxygen atoms in total. The lowest BCUT2D eigenvalue weighted by Gasteiger charge is -2.17. The van der Waals surface area contributed by atoms with Crippen molar-refractivity contribution in [3.63, 3.8) is 0 Å². The first-order valence-electron chi connectivity index (χ1n) is 9.33. The molecule has 1 aromatic heterocycles. The Hall–Kier alpha value is -1.78. The quantitative estimate of drug-likeness (QED) is 0.888. The zero-order valence-electron chi connectivity index (χ0n) is 15.5. The average Bonchev–Trinajstić information content (AvgIpc) is 3.28. The summed E-state index contributed by atoms with van der Waals surface area (Å²) in [7, 11) is 0. The molecule has 0 radical (unpaired) electrons. The molecule has 1 amide bonds. The van der Waals surface area contributed by atoms with Crippen LogP contribution in [0.5, 0.6) is 0 Å².